The fraction of sp³-hybridized carbons (Fsp3) is 1.00. The average Bonchev–Trinajstić information content (AvgIpc) is 2.24. The van der Waals surface area contributed by atoms with E-state index in [1.54, 1.807) is 13.8 Å². The van der Waals surface area contributed by atoms with Crippen molar-refractivity contribution in [2.24, 2.45) is 5.41 Å². The van der Waals surface area contributed by atoms with Gasteiger partial charge in [-0.25, -0.2) is 0 Å². The van der Waals surface area contributed by atoms with Gasteiger partial charge in [0.25, 0.3) is 0 Å². The molecule has 0 aliphatic heterocycles. The summed E-state index contributed by atoms with van der Waals surface area (Å²) in [6.07, 6.45) is 3.66. The summed E-state index contributed by atoms with van der Waals surface area (Å²) in [4.78, 5) is 37.5. The Kier molecular flexibility index (Phi) is 7.46. The van der Waals surface area contributed by atoms with Crippen LogP contribution in [0.5, 0.6) is 0 Å². The van der Waals surface area contributed by atoms with E-state index in [0.29, 0.717) is 25.7 Å². The molecule has 0 aromatic rings. The van der Waals surface area contributed by atoms with Crippen molar-refractivity contribution < 1.29 is 28.7 Å². The maximum atomic E-state index is 11.6. The molecule has 8 heteroatoms. The second-order valence-electron chi connectivity index (χ2n) is 5.08. The van der Waals surface area contributed by atoms with Gasteiger partial charge in [-0.1, -0.05) is 40.0 Å². The topological polar surface area (TPSA) is 115 Å². The molecule has 0 heterocycles. The summed E-state index contributed by atoms with van der Waals surface area (Å²) in [6, 6.07) is 0. The summed E-state index contributed by atoms with van der Waals surface area (Å²) in [5, 5.41) is -1.89. The second kappa shape index (κ2) is 7.35. The van der Waals surface area contributed by atoms with Crippen LogP contribution in [0.4, 0.5) is 0 Å². The first kappa shape index (κ1) is 19.3. The molecule has 0 aliphatic rings. The van der Waals surface area contributed by atoms with Gasteiger partial charge in [0.05, 0.1) is 0 Å². The first-order valence-electron chi connectivity index (χ1n) is 6.65. The Hall–Kier alpha value is 0.300. The minimum Gasteiger partial charge on any atom is -0.324 e. The summed E-state index contributed by atoms with van der Waals surface area (Å²) >= 11 is 0. The van der Waals surface area contributed by atoms with Crippen LogP contribution in [0.1, 0.15) is 59.3 Å². The first-order valence-corrected chi connectivity index (χ1v) is 10.0. The van der Waals surface area contributed by atoms with Crippen molar-refractivity contribution in [2.45, 2.75) is 64.7 Å². The molecule has 0 unspecified atom stereocenters. The lowest BCUT2D eigenvalue weighted by Gasteiger charge is -2.39. The highest BCUT2D eigenvalue weighted by atomic mass is 31.2. The third kappa shape index (κ3) is 5.30. The van der Waals surface area contributed by atoms with E-state index < -0.39 is 26.0 Å². The van der Waals surface area contributed by atoms with Gasteiger partial charge in [0, 0.05) is 0 Å². The lowest BCUT2D eigenvalue weighted by Crippen LogP contribution is -2.34. The lowest BCUT2D eigenvalue weighted by atomic mass is 9.79. The fourth-order valence-electron chi connectivity index (χ4n) is 2.73. The van der Waals surface area contributed by atoms with Gasteiger partial charge < -0.3 is 19.6 Å². The van der Waals surface area contributed by atoms with Gasteiger partial charge in [0.15, 0.2) is 5.40 Å². The fourth-order valence-corrected chi connectivity index (χ4v) is 6.72. The molecular formula is C11H26O6P2. The van der Waals surface area contributed by atoms with Crippen molar-refractivity contribution in [3.63, 3.8) is 0 Å². The quantitative estimate of drug-likeness (QED) is 0.384. The van der Waals surface area contributed by atoms with Gasteiger partial charge in [-0.2, -0.15) is 0 Å². The Morgan fingerprint density at radius 2 is 1.32 bits per heavy atom. The normalized spacial score (nSPS) is 14.1. The zero-order chi connectivity index (χ0) is 15.3. The predicted octanol–water partition coefficient (Wildman–Crippen LogP) is 3.05. The summed E-state index contributed by atoms with van der Waals surface area (Å²) < 4.78 is 23.2. The molecule has 4 N–H and O–H groups in total. The molecule has 0 aliphatic carbocycles. The van der Waals surface area contributed by atoms with E-state index in [2.05, 4.69) is 0 Å². The van der Waals surface area contributed by atoms with E-state index >= 15 is 0 Å². The van der Waals surface area contributed by atoms with Crippen LogP contribution < -0.4 is 0 Å². The van der Waals surface area contributed by atoms with Crippen molar-refractivity contribution in [3.05, 3.63) is 0 Å². The molecule has 0 saturated carbocycles. The van der Waals surface area contributed by atoms with Crippen LogP contribution >= 0.6 is 15.2 Å². The highest BCUT2D eigenvalue weighted by Crippen LogP contribution is 2.68. The van der Waals surface area contributed by atoms with E-state index in [-0.39, 0.29) is 0 Å². The molecule has 0 aromatic heterocycles. The van der Waals surface area contributed by atoms with Crippen molar-refractivity contribution in [1.82, 2.24) is 0 Å². The minimum absolute atomic E-state index is 0.341. The van der Waals surface area contributed by atoms with Crippen LogP contribution in [0.25, 0.3) is 0 Å². The number of rotatable bonds is 9. The van der Waals surface area contributed by atoms with Gasteiger partial charge in [0.1, 0.15) is 0 Å². The number of unbranched alkanes of at least 4 members (excludes halogenated alkanes) is 2. The number of hydrogen-bond acceptors (Lipinski definition) is 2. The predicted molar refractivity (Wildman–Crippen MR) is 75.0 cm³/mol. The molecule has 6 nitrogen and oxygen atoms in total. The van der Waals surface area contributed by atoms with Gasteiger partial charge in [0.2, 0.25) is 0 Å². The Morgan fingerprint density at radius 1 is 0.895 bits per heavy atom. The van der Waals surface area contributed by atoms with Gasteiger partial charge >= 0.3 is 15.2 Å². The van der Waals surface area contributed by atoms with Crippen molar-refractivity contribution >= 4 is 15.2 Å². The standard InChI is InChI=1S/C11H26O6P2/c1-4-7-8-9-11(5-2,6-3)10(18(12,13)14)19(15,16)17/h10H,4-9H2,1-3H3,(H2,12,13,14)(H2,15,16,17). The second-order valence-corrected chi connectivity index (χ2v) is 8.87. The van der Waals surface area contributed by atoms with Crippen LogP contribution in [0.2, 0.25) is 0 Å². The van der Waals surface area contributed by atoms with Gasteiger partial charge in [-0.3, -0.25) is 9.13 Å². The van der Waals surface area contributed by atoms with Crippen LogP contribution in [0, 0.1) is 5.41 Å². The van der Waals surface area contributed by atoms with Crippen LogP contribution in [-0.2, 0) is 9.13 Å². The van der Waals surface area contributed by atoms with Crippen LogP contribution in [0.15, 0.2) is 0 Å². The zero-order valence-electron chi connectivity index (χ0n) is 11.8. The zero-order valence-corrected chi connectivity index (χ0v) is 13.6. The van der Waals surface area contributed by atoms with Crippen molar-refractivity contribution in [3.8, 4) is 0 Å². The third-order valence-corrected chi connectivity index (χ3v) is 8.05. The SMILES string of the molecule is CCCCCC(CC)(CC)C(P(=O)(O)O)P(=O)(O)O. The lowest BCUT2D eigenvalue weighted by molar-refractivity contribution is 0.204. The Morgan fingerprint density at radius 3 is 1.58 bits per heavy atom. The molecule has 19 heavy (non-hydrogen) atoms. The van der Waals surface area contributed by atoms with E-state index in [1.807, 2.05) is 6.92 Å². The van der Waals surface area contributed by atoms with E-state index in [1.165, 1.54) is 0 Å². The Labute approximate surface area is 114 Å². The molecule has 0 atom stereocenters. The molecule has 0 rings (SSSR count). The summed E-state index contributed by atoms with van der Waals surface area (Å²) in [6.45, 7) is 5.46. The number of hydrogen-bond donors (Lipinski definition) is 4. The molecule has 0 bridgehead atoms. The highest BCUT2D eigenvalue weighted by molar-refractivity contribution is 7.70. The monoisotopic (exact) mass is 316 g/mol. The summed E-state index contributed by atoms with van der Waals surface area (Å²) in [5.41, 5.74) is -1.01. The maximum Gasteiger partial charge on any atom is 0.341 e. The highest BCUT2D eigenvalue weighted by Gasteiger charge is 2.55. The van der Waals surface area contributed by atoms with Crippen molar-refractivity contribution in [1.29, 1.82) is 0 Å². The van der Waals surface area contributed by atoms with Crippen LogP contribution in [-0.4, -0.2) is 25.0 Å². The molecular weight excluding hydrogens is 290 g/mol. The van der Waals surface area contributed by atoms with Crippen LogP contribution in [0.3, 0.4) is 0 Å². The largest absolute Gasteiger partial charge is 0.341 e. The van der Waals surface area contributed by atoms with Crippen molar-refractivity contribution in [2.75, 3.05) is 0 Å². The molecule has 0 amide bonds. The maximum absolute atomic E-state index is 11.6. The Bertz CT molecular complexity index is 332. The summed E-state index contributed by atoms with van der Waals surface area (Å²) in [5.74, 6) is 0. The third-order valence-electron chi connectivity index (χ3n) is 3.87. The Balaban J connectivity index is 5.52. The molecule has 0 fully saturated rings. The molecule has 0 radical (unpaired) electrons. The first-order chi connectivity index (χ1) is 8.55. The summed E-state index contributed by atoms with van der Waals surface area (Å²) in [7, 11) is -9.73. The van der Waals surface area contributed by atoms with Gasteiger partial charge in [-0.05, 0) is 24.7 Å². The molecule has 0 spiro atoms. The molecule has 0 aromatic carbocycles. The van der Waals surface area contributed by atoms with E-state index in [4.69, 9.17) is 0 Å². The molecule has 0 saturated heterocycles. The van der Waals surface area contributed by atoms with E-state index in [0.717, 1.165) is 12.8 Å². The smallest absolute Gasteiger partial charge is 0.324 e. The molecule has 116 valence electrons. The van der Waals surface area contributed by atoms with Gasteiger partial charge in [-0.15, -0.1) is 0 Å². The van der Waals surface area contributed by atoms with E-state index in [9.17, 15) is 28.7 Å². The average molecular weight is 316 g/mol. The minimum atomic E-state index is -4.86.